The summed E-state index contributed by atoms with van der Waals surface area (Å²) in [5.41, 5.74) is 9.40. The number of carboxylic acids is 1. The van der Waals surface area contributed by atoms with E-state index in [1.807, 2.05) is 6.92 Å². The van der Waals surface area contributed by atoms with Crippen LogP contribution in [0.3, 0.4) is 0 Å². The predicted octanol–water partition coefficient (Wildman–Crippen LogP) is 2.07. The van der Waals surface area contributed by atoms with Crippen LogP contribution in [0.25, 0.3) is 10.9 Å². The number of pyridine rings is 1. The van der Waals surface area contributed by atoms with Crippen molar-refractivity contribution < 1.29 is 18.7 Å². The van der Waals surface area contributed by atoms with Crippen LogP contribution in [0.5, 0.6) is 0 Å². The summed E-state index contributed by atoms with van der Waals surface area (Å²) in [6.45, 7) is 2.66. The molecule has 2 atom stereocenters. The molecule has 2 aliphatic rings. The highest BCUT2D eigenvalue weighted by Crippen LogP contribution is 2.42. The minimum absolute atomic E-state index is 0.0933. The summed E-state index contributed by atoms with van der Waals surface area (Å²) < 4.78 is 32.1. The van der Waals surface area contributed by atoms with Gasteiger partial charge in [-0.25, -0.2) is 13.6 Å². The average molecular weight is 392 g/mol. The molecule has 28 heavy (non-hydrogen) atoms. The fourth-order valence-corrected chi connectivity index (χ4v) is 4.04. The molecular formula is C19H22F2N4O3. The number of hydrogen-bond acceptors (Lipinski definition) is 5. The molecule has 0 spiro atoms. The van der Waals surface area contributed by atoms with E-state index in [1.54, 1.807) is 4.90 Å². The molecule has 1 aromatic heterocycles. The number of aromatic nitrogens is 1. The van der Waals surface area contributed by atoms with Crippen molar-refractivity contribution in [3.63, 3.8) is 0 Å². The summed E-state index contributed by atoms with van der Waals surface area (Å²) >= 11 is 0. The average Bonchev–Trinajstić information content (AvgIpc) is 3.36. The predicted molar refractivity (Wildman–Crippen MR) is 102 cm³/mol. The van der Waals surface area contributed by atoms with Crippen molar-refractivity contribution >= 4 is 28.2 Å². The van der Waals surface area contributed by atoms with Crippen molar-refractivity contribution in [2.75, 3.05) is 23.7 Å². The van der Waals surface area contributed by atoms with Gasteiger partial charge in [0.1, 0.15) is 11.3 Å². The third kappa shape index (κ3) is 2.72. The van der Waals surface area contributed by atoms with Crippen molar-refractivity contribution in [1.82, 2.24) is 4.57 Å². The van der Waals surface area contributed by atoms with E-state index in [0.717, 1.165) is 19.0 Å². The molecule has 2 fully saturated rings. The van der Waals surface area contributed by atoms with E-state index in [1.165, 1.54) is 4.57 Å². The normalized spacial score (nSPS) is 20.7. The Morgan fingerprint density at radius 3 is 2.50 bits per heavy atom. The van der Waals surface area contributed by atoms with Gasteiger partial charge >= 0.3 is 5.97 Å². The largest absolute Gasteiger partial charge is 0.477 e. The van der Waals surface area contributed by atoms with Gasteiger partial charge in [-0.15, -0.1) is 0 Å². The zero-order chi connectivity index (χ0) is 20.3. The van der Waals surface area contributed by atoms with Gasteiger partial charge in [0, 0.05) is 31.4 Å². The first-order valence-corrected chi connectivity index (χ1v) is 9.31. The fraction of sp³-hybridized carbons (Fsp3) is 0.474. The number of fused-ring (bicyclic) bond motifs is 1. The lowest BCUT2D eigenvalue weighted by Gasteiger charge is -2.24. The second kappa shape index (κ2) is 6.44. The van der Waals surface area contributed by atoms with Crippen molar-refractivity contribution in [2.45, 2.75) is 38.3 Å². The minimum Gasteiger partial charge on any atom is -0.477 e. The summed E-state index contributed by atoms with van der Waals surface area (Å²) in [5, 5.41) is 8.92. The monoisotopic (exact) mass is 392 g/mol. The Morgan fingerprint density at radius 2 is 1.96 bits per heavy atom. The molecule has 1 aliphatic carbocycles. The molecular weight excluding hydrogens is 370 g/mol. The molecule has 4 rings (SSSR count). The fourth-order valence-electron chi connectivity index (χ4n) is 4.04. The SMILES string of the molecule is C[C@H](N)[C@@H]1CCN(c2c(F)c(N)c3c(=O)c(C(=O)O)cn(C4CC4)c3c2F)C1. The Hall–Kier alpha value is -2.68. The number of hydrogen-bond donors (Lipinski definition) is 3. The number of benzene rings is 1. The maximum atomic E-state index is 15.6. The smallest absolute Gasteiger partial charge is 0.341 e. The summed E-state index contributed by atoms with van der Waals surface area (Å²) in [6, 6.07) is -0.250. The lowest BCUT2D eigenvalue weighted by atomic mass is 10.0. The number of anilines is 2. The van der Waals surface area contributed by atoms with Gasteiger partial charge in [-0.1, -0.05) is 0 Å². The molecule has 7 nitrogen and oxygen atoms in total. The lowest BCUT2D eigenvalue weighted by molar-refractivity contribution is 0.0695. The Bertz CT molecular complexity index is 1050. The second-order valence-electron chi connectivity index (χ2n) is 7.78. The molecule has 1 saturated heterocycles. The van der Waals surface area contributed by atoms with Gasteiger partial charge in [0.05, 0.1) is 16.6 Å². The van der Waals surface area contributed by atoms with Crippen molar-refractivity contribution in [1.29, 1.82) is 0 Å². The zero-order valence-corrected chi connectivity index (χ0v) is 15.4. The van der Waals surface area contributed by atoms with Gasteiger partial charge in [-0.05, 0) is 32.1 Å². The second-order valence-corrected chi connectivity index (χ2v) is 7.78. The van der Waals surface area contributed by atoms with Crippen LogP contribution in [-0.4, -0.2) is 34.8 Å². The van der Waals surface area contributed by atoms with Gasteiger partial charge in [0.2, 0.25) is 5.43 Å². The quantitative estimate of drug-likeness (QED) is 0.687. The lowest BCUT2D eigenvalue weighted by Crippen LogP contribution is -2.31. The van der Waals surface area contributed by atoms with Crippen LogP contribution in [0, 0.1) is 17.6 Å². The van der Waals surface area contributed by atoms with Crippen LogP contribution in [-0.2, 0) is 0 Å². The topological polar surface area (TPSA) is 115 Å². The van der Waals surface area contributed by atoms with Crippen LogP contribution < -0.4 is 21.8 Å². The number of aromatic carboxylic acids is 1. The van der Waals surface area contributed by atoms with E-state index in [-0.39, 0.29) is 29.2 Å². The van der Waals surface area contributed by atoms with Gasteiger partial charge in [0.25, 0.3) is 0 Å². The first-order valence-electron chi connectivity index (χ1n) is 9.31. The highest BCUT2D eigenvalue weighted by Gasteiger charge is 2.35. The number of nitrogens with two attached hydrogens (primary N) is 2. The minimum atomic E-state index is -1.45. The Labute approximate surface area is 159 Å². The van der Waals surface area contributed by atoms with Gasteiger partial charge in [-0.2, -0.15) is 0 Å². The van der Waals surface area contributed by atoms with Crippen LogP contribution in [0.15, 0.2) is 11.0 Å². The Kier molecular flexibility index (Phi) is 4.29. The number of nitrogens with zero attached hydrogens (tertiary/aromatic N) is 2. The van der Waals surface area contributed by atoms with E-state index < -0.39 is 39.7 Å². The number of rotatable bonds is 4. The Balaban J connectivity index is 2.00. The zero-order valence-electron chi connectivity index (χ0n) is 15.4. The number of halogens is 2. The number of carboxylic acid groups (broad SMARTS) is 1. The first-order chi connectivity index (χ1) is 13.2. The van der Waals surface area contributed by atoms with Crippen molar-refractivity contribution in [2.24, 2.45) is 11.7 Å². The molecule has 150 valence electrons. The summed E-state index contributed by atoms with van der Waals surface area (Å²) in [6.07, 6.45) is 3.28. The van der Waals surface area contributed by atoms with Gasteiger partial charge < -0.3 is 26.0 Å². The molecule has 1 saturated carbocycles. The van der Waals surface area contributed by atoms with E-state index >= 15 is 8.78 Å². The molecule has 0 amide bonds. The molecule has 5 N–H and O–H groups in total. The van der Waals surface area contributed by atoms with Crippen LogP contribution in [0.1, 0.15) is 42.6 Å². The van der Waals surface area contributed by atoms with E-state index in [4.69, 9.17) is 11.5 Å². The summed E-state index contributed by atoms with van der Waals surface area (Å²) in [4.78, 5) is 25.7. The third-order valence-corrected chi connectivity index (χ3v) is 5.82. The molecule has 1 aliphatic heterocycles. The maximum absolute atomic E-state index is 15.6. The van der Waals surface area contributed by atoms with Crippen LogP contribution in [0.4, 0.5) is 20.2 Å². The number of nitrogen functional groups attached to an aromatic ring is 1. The molecule has 2 aromatic rings. The molecule has 0 bridgehead atoms. The molecule has 1 aromatic carbocycles. The molecule has 0 unspecified atom stereocenters. The highest BCUT2D eigenvalue weighted by molar-refractivity contribution is 5.99. The highest BCUT2D eigenvalue weighted by atomic mass is 19.1. The van der Waals surface area contributed by atoms with E-state index in [0.29, 0.717) is 19.5 Å². The third-order valence-electron chi connectivity index (χ3n) is 5.82. The Morgan fingerprint density at radius 1 is 1.29 bits per heavy atom. The first kappa shape index (κ1) is 18.7. The molecule has 0 radical (unpaired) electrons. The maximum Gasteiger partial charge on any atom is 0.341 e. The van der Waals surface area contributed by atoms with Gasteiger partial charge in [0.15, 0.2) is 11.6 Å². The number of carbonyl (C=O) groups is 1. The van der Waals surface area contributed by atoms with E-state index in [9.17, 15) is 14.7 Å². The standard InChI is InChI=1S/C19H22F2N4O3/c1-8(22)9-4-5-24(6-9)17-13(20)15(23)12-16(14(17)21)25(10-2-3-10)7-11(18(12)26)19(27)28/h7-10H,2-6,22-23H2,1H3,(H,27,28)/t8-,9+/m0/s1. The van der Waals surface area contributed by atoms with Crippen molar-refractivity contribution in [3.8, 4) is 0 Å². The van der Waals surface area contributed by atoms with Crippen LogP contribution >= 0.6 is 0 Å². The van der Waals surface area contributed by atoms with E-state index in [2.05, 4.69) is 0 Å². The van der Waals surface area contributed by atoms with Crippen molar-refractivity contribution in [3.05, 3.63) is 33.6 Å². The summed E-state index contributed by atoms with van der Waals surface area (Å²) in [5.74, 6) is -3.27. The van der Waals surface area contributed by atoms with Gasteiger partial charge in [-0.3, -0.25) is 4.79 Å². The molecule has 9 heteroatoms. The molecule has 2 heterocycles. The summed E-state index contributed by atoms with van der Waals surface area (Å²) in [7, 11) is 0. The van der Waals surface area contributed by atoms with Crippen LogP contribution in [0.2, 0.25) is 0 Å².